The van der Waals surface area contributed by atoms with E-state index in [1.807, 2.05) is 0 Å². The van der Waals surface area contributed by atoms with Gasteiger partial charge in [0.2, 0.25) is 6.29 Å². The van der Waals surface area contributed by atoms with Gasteiger partial charge in [0.15, 0.2) is 6.61 Å². The van der Waals surface area contributed by atoms with E-state index in [0.29, 0.717) is 0 Å². The maximum absolute atomic E-state index is 11.5. The Morgan fingerprint density at radius 3 is 2.22 bits per heavy atom. The van der Waals surface area contributed by atoms with E-state index in [0.717, 1.165) is 0 Å². The molecule has 2 heterocycles. The minimum absolute atomic E-state index is 0.297. The lowest BCUT2D eigenvalue weighted by atomic mass is 10.6. The smallest absolute Gasteiger partial charge is 0.428 e. The molecule has 0 amide bonds. The van der Waals surface area contributed by atoms with Crippen molar-refractivity contribution in [1.29, 1.82) is 0 Å². The van der Waals surface area contributed by atoms with Gasteiger partial charge in [-0.3, -0.25) is 0 Å². The highest BCUT2D eigenvalue weighted by Gasteiger charge is 2.33. The molecule has 10 heteroatoms. The second-order valence-corrected chi connectivity index (χ2v) is 2.79. The van der Waals surface area contributed by atoms with Gasteiger partial charge in [-0.05, 0) is 0 Å². The summed E-state index contributed by atoms with van der Waals surface area (Å²) >= 11 is 0. The summed E-state index contributed by atoms with van der Waals surface area (Å²) in [4.78, 5) is 19.9. The van der Waals surface area contributed by atoms with Gasteiger partial charge in [-0.1, -0.05) is 0 Å². The van der Waals surface area contributed by atoms with Gasteiger partial charge in [0.1, 0.15) is 19.1 Å². The van der Waals surface area contributed by atoms with E-state index in [4.69, 9.17) is 0 Å². The van der Waals surface area contributed by atoms with Gasteiger partial charge in [0, 0.05) is 0 Å². The maximum atomic E-state index is 11.5. The molecule has 1 aliphatic rings. The van der Waals surface area contributed by atoms with E-state index in [-0.39, 0.29) is 6.61 Å². The Balaban J connectivity index is 0.000000225. The van der Waals surface area contributed by atoms with Gasteiger partial charge < -0.3 is 23.0 Å². The fraction of sp³-hybridized carbons (Fsp3) is 0.500. The molecule has 102 valence electrons. The molecule has 0 aliphatic carbocycles. The Labute approximate surface area is 97.0 Å². The van der Waals surface area contributed by atoms with Crippen molar-refractivity contribution in [1.82, 2.24) is 0 Å². The minimum atomic E-state index is -4.42. The summed E-state index contributed by atoms with van der Waals surface area (Å²) in [5.74, 6) is -0.657. The van der Waals surface area contributed by atoms with E-state index < -0.39 is 31.1 Å². The number of ether oxygens (including phenoxy) is 3. The van der Waals surface area contributed by atoms with Crippen LogP contribution in [0.5, 0.6) is 0 Å². The first-order valence-corrected chi connectivity index (χ1v) is 4.41. The van der Waals surface area contributed by atoms with Crippen LogP contribution in [0.25, 0.3) is 0 Å². The summed E-state index contributed by atoms with van der Waals surface area (Å²) in [6.07, 6.45) is -4.30. The molecule has 0 spiro atoms. The predicted molar refractivity (Wildman–Crippen MR) is 45.5 cm³/mol. The molecule has 1 unspecified atom stereocenters. The lowest BCUT2D eigenvalue weighted by Crippen LogP contribution is -2.24. The van der Waals surface area contributed by atoms with Gasteiger partial charge in [-0.15, -0.1) is 0 Å². The zero-order valence-electron chi connectivity index (χ0n) is 8.64. The van der Waals surface area contributed by atoms with Crippen LogP contribution >= 0.6 is 0 Å². The van der Waals surface area contributed by atoms with Crippen molar-refractivity contribution in [3.05, 3.63) is 23.1 Å². The number of halogens is 3. The van der Waals surface area contributed by atoms with Crippen molar-refractivity contribution in [3.8, 4) is 0 Å². The third-order valence-corrected chi connectivity index (χ3v) is 1.38. The predicted octanol–water partition coefficient (Wildman–Crippen LogP) is 1.29. The Bertz CT molecular complexity index is 404. The fourth-order valence-corrected chi connectivity index (χ4v) is 0.775. The Morgan fingerprint density at radius 1 is 1.28 bits per heavy atom. The normalized spacial score (nSPS) is 18.6. The maximum Gasteiger partial charge on any atom is 0.518 e. The minimum Gasteiger partial charge on any atom is -0.428 e. The molecule has 1 saturated heterocycles. The Morgan fingerprint density at radius 2 is 1.89 bits per heavy atom. The first kappa shape index (κ1) is 14.1. The highest BCUT2D eigenvalue weighted by atomic mass is 19.4. The lowest BCUT2D eigenvalue weighted by Gasteiger charge is -2.09. The molecule has 1 atom stereocenters. The molecule has 0 radical (unpaired) electrons. The van der Waals surface area contributed by atoms with Crippen LogP contribution in [-0.2, 0) is 14.2 Å². The van der Waals surface area contributed by atoms with E-state index in [2.05, 4.69) is 23.0 Å². The largest absolute Gasteiger partial charge is 0.518 e. The van der Waals surface area contributed by atoms with Gasteiger partial charge in [0.25, 0.3) is 0 Å². The summed E-state index contributed by atoms with van der Waals surface area (Å²) in [7, 11) is 0. The molecule has 1 aromatic rings. The number of cyclic esters (lactones) is 2. The number of alkyl halides is 3. The zero-order chi connectivity index (χ0) is 13.6. The molecule has 1 aliphatic heterocycles. The molecular formula is C8H7F3O7. The van der Waals surface area contributed by atoms with Crippen molar-refractivity contribution in [2.75, 3.05) is 13.2 Å². The molecule has 18 heavy (non-hydrogen) atoms. The number of hydrogen-bond acceptors (Lipinski definition) is 7. The molecule has 0 N–H and O–H groups in total. The summed E-state index contributed by atoms with van der Waals surface area (Å²) in [5.41, 5.74) is 0. The van der Waals surface area contributed by atoms with E-state index >= 15 is 0 Å². The van der Waals surface area contributed by atoms with E-state index in [1.165, 1.54) is 12.5 Å². The summed E-state index contributed by atoms with van der Waals surface area (Å²) in [6.45, 7) is -1.75. The molecule has 1 aromatic heterocycles. The first-order valence-electron chi connectivity index (χ1n) is 4.41. The Kier molecular flexibility index (Phi) is 4.77. The Hall–Kier alpha value is -1.97. The molecule has 7 nitrogen and oxygen atoms in total. The average molecular weight is 272 g/mol. The first-order chi connectivity index (χ1) is 8.37. The standard InChI is InChI=1S/C5H5F3O4.C3H2O3/c6-5(7,8)2-11-3-1-10-4(9)12-3;4-3-5-1-2-6-3/h3H,1-2H2;1-2H. The van der Waals surface area contributed by atoms with Crippen LogP contribution in [0, 0.1) is 0 Å². The van der Waals surface area contributed by atoms with Crippen molar-refractivity contribution >= 4 is 6.16 Å². The second-order valence-electron chi connectivity index (χ2n) is 2.79. The molecule has 0 bridgehead atoms. The summed E-state index contributed by atoms with van der Waals surface area (Å²) < 4.78 is 55.2. The third kappa shape index (κ3) is 5.94. The molecule has 0 saturated carbocycles. The molecule has 2 rings (SSSR count). The SMILES string of the molecule is O=C1OCC(OCC(F)(F)F)O1.O=c1occo1. The van der Waals surface area contributed by atoms with Crippen molar-refractivity contribution in [2.24, 2.45) is 0 Å². The van der Waals surface area contributed by atoms with Crippen LogP contribution in [0.3, 0.4) is 0 Å². The lowest BCUT2D eigenvalue weighted by molar-refractivity contribution is -0.209. The summed E-state index contributed by atoms with van der Waals surface area (Å²) in [5, 5.41) is 0. The number of rotatable bonds is 2. The van der Waals surface area contributed by atoms with Crippen molar-refractivity contribution in [2.45, 2.75) is 12.5 Å². The number of carbonyl (C=O) groups is 1. The quantitative estimate of drug-likeness (QED) is 0.749. The second kappa shape index (κ2) is 6.10. The topological polar surface area (TPSA) is 88.1 Å². The van der Waals surface area contributed by atoms with Crippen LogP contribution < -0.4 is 5.82 Å². The molecule has 0 aromatic carbocycles. The molecule has 1 fully saturated rings. The van der Waals surface area contributed by atoms with Crippen molar-refractivity contribution < 1.29 is 41.0 Å². The monoisotopic (exact) mass is 272 g/mol. The van der Waals surface area contributed by atoms with Crippen LogP contribution in [0.4, 0.5) is 18.0 Å². The van der Waals surface area contributed by atoms with Crippen LogP contribution in [-0.4, -0.2) is 31.8 Å². The summed E-state index contributed by atoms with van der Waals surface area (Å²) in [6, 6.07) is 0. The highest BCUT2D eigenvalue weighted by Crippen LogP contribution is 2.17. The average Bonchev–Trinajstić information content (AvgIpc) is 2.87. The third-order valence-electron chi connectivity index (χ3n) is 1.38. The van der Waals surface area contributed by atoms with Crippen LogP contribution in [0.1, 0.15) is 0 Å². The highest BCUT2D eigenvalue weighted by molar-refractivity contribution is 5.61. The van der Waals surface area contributed by atoms with Gasteiger partial charge in [0.05, 0.1) is 0 Å². The molecular weight excluding hydrogens is 265 g/mol. The zero-order valence-corrected chi connectivity index (χ0v) is 8.64. The van der Waals surface area contributed by atoms with E-state index in [1.54, 1.807) is 0 Å². The van der Waals surface area contributed by atoms with Gasteiger partial charge in [-0.25, -0.2) is 9.59 Å². The number of carbonyl (C=O) groups excluding carboxylic acids is 1. The van der Waals surface area contributed by atoms with Gasteiger partial charge >= 0.3 is 18.2 Å². The van der Waals surface area contributed by atoms with Crippen LogP contribution in [0.15, 0.2) is 26.2 Å². The number of hydrogen-bond donors (Lipinski definition) is 0. The van der Waals surface area contributed by atoms with Crippen LogP contribution in [0.2, 0.25) is 0 Å². The fourth-order valence-electron chi connectivity index (χ4n) is 0.775. The van der Waals surface area contributed by atoms with Crippen molar-refractivity contribution in [3.63, 3.8) is 0 Å². The van der Waals surface area contributed by atoms with E-state index in [9.17, 15) is 22.8 Å². The van der Waals surface area contributed by atoms with Gasteiger partial charge in [-0.2, -0.15) is 13.2 Å².